The molecule has 1 heterocycles. The normalized spacial score (nSPS) is 15.1. The Morgan fingerprint density at radius 1 is 1.38 bits per heavy atom. The van der Waals surface area contributed by atoms with Crippen LogP contribution in [0.15, 0.2) is 18.2 Å². The van der Waals surface area contributed by atoms with Crippen LogP contribution in [0.4, 0.5) is 5.69 Å². The number of ether oxygens (including phenoxy) is 1. The summed E-state index contributed by atoms with van der Waals surface area (Å²) in [4.78, 5) is 14.7. The molecule has 5 heteroatoms. The van der Waals surface area contributed by atoms with Crippen LogP contribution in [0.5, 0.6) is 5.75 Å². The lowest BCUT2D eigenvalue weighted by Gasteiger charge is -2.15. The second-order valence-corrected chi connectivity index (χ2v) is 5.32. The predicted molar refractivity (Wildman–Crippen MR) is 84.6 cm³/mol. The zero-order valence-electron chi connectivity index (χ0n) is 12.7. The molecule has 0 aliphatic carbocycles. The second-order valence-electron chi connectivity index (χ2n) is 5.32. The van der Waals surface area contributed by atoms with E-state index in [4.69, 9.17) is 10.5 Å². The number of amides is 1. The van der Waals surface area contributed by atoms with Crippen LogP contribution in [-0.4, -0.2) is 43.6 Å². The molecule has 0 radical (unpaired) electrons. The van der Waals surface area contributed by atoms with Gasteiger partial charge in [-0.3, -0.25) is 4.79 Å². The third-order valence-corrected chi connectivity index (χ3v) is 3.71. The number of carbonyl (C=O) groups is 1. The molecule has 1 aliphatic rings. The monoisotopic (exact) mass is 291 g/mol. The third-order valence-electron chi connectivity index (χ3n) is 3.71. The van der Waals surface area contributed by atoms with Crippen LogP contribution in [-0.2, 0) is 0 Å². The smallest absolute Gasteiger partial charge is 0.255 e. The van der Waals surface area contributed by atoms with Crippen molar-refractivity contribution in [1.82, 2.24) is 10.2 Å². The summed E-state index contributed by atoms with van der Waals surface area (Å²) < 4.78 is 5.48. The Hall–Kier alpha value is -1.75. The number of hydrogen-bond donors (Lipinski definition) is 2. The van der Waals surface area contributed by atoms with Crippen LogP contribution in [0.1, 0.15) is 36.5 Å². The highest BCUT2D eigenvalue weighted by atomic mass is 16.5. The molecule has 1 aromatic rings. The first-order chi connectivity index (χ1) is 10.2. The van der Waals surface area contributed by atoms with Gasteiger partial charge in [-0.25, -0.2) is 0 Å². The lowest BCUT2D eigenvalue weighted by molar-refractivity contribution is 0.0948. The number of nitrogens with one attached hydrogen (secondary N) is 1. The highest BCUT2D eigenvalue weighted by molar-refractivity contribution is 5.98. The summed E-state index contributed by atoms with van der Waals surface area (Å²) >= 11 is 0. The Kier molecular flexibility index (Phi) is 5.87. The van der Waals surface area contributed by atoms with Gasteiger partial charge >= 0.3 is 0 Å². The fraction of sp³-hybridized carbons (Fsp3) is 0.562. The number of nitrogen functional groups attached to an aromatic ring is 1. The molecule has 0 aromatic heterocycles. The topological polar surface area (TPSA) is 67.6 Å². The van der Waals surface area contributed by atoms with Gasteiger partial charge in [-0.2, -0.15) is 0 Å². The number of nitrogens with two attached hydrogens (primary N) is 1. The zero-order chi connectivity index (χ0) is 15.1. The van der Waals surface area contributed by atoms with Crippen molar-refractivity contribution in [2.75, 3.05) is 38.5 Å². The van der Waals surface area contributed by atoms with E-state index >= 15 is 0 Å². The van der Waals surface area contributed by atoms with Crippen LogP contribution in [0, 0.1) is 0 Å². The summed E-state index contributed by atoms with van der Waals surface area (Å²) in [6, 6.07) is 5.27. The summed E-state index contributed by atoms with van der Waals surface area (Å²) in [5.74, 6) is 0.365. The average molecular weight is 291 g/mol. The number of rotatable bonds is 7. The molecule has 116 valence electrons. The number of anilines is 1. The van der Waals surface area contributed by atoms with Gasteiger partial charge in [-0.05, 0) is 58.0 Å². The Bertz CT molecular complexity index is 471. The Balaban J connectivity index is 1.83. The summed E-state index contributed by atoms with van der Waals surface area (Å²) in [7, 11) is 0. The Labute approximate surface area is 126 Å². The Morgan fingerprint density at radius 2 is 2.14 bits per heavy atom. The fourth-order valence-corrected chi connectivity index (χ4v) is 2.65. The molecule has 0 saturated carbocycles. The van der Waals surface area contributed by atoms with Gasteiger partial charge in [0.25, 0.3) is 5.91 Å². The molecule has 21 heavy (non-hydrogen) atoms. The van der Waals surface area contributed by atoms with Crippen molar-refractivity contribution in [3.63, 3.8) is 0 Å². The summed E-state index contributed by atoms with van der Waals surface area (Å²) in [5.41, 5.74) is 6.88. The molecule has 5 nitrogen and oxygen atoms in total. The molecule has 0 spiro atoms. The van der Waals surface area contributed by atoms with Gasteiger partial charge in [0, 0.05) is 6.54 Å². The maximum Gasteiger partial charge on any atom is 0.255 e. The predicted octanol–water partition coefficient (Wildman–Crippen LogP) is 1.88. The number of para-hydroxylation sites is 1. The number of nitrogens with zero attached hydrogens (tertiary/aromatic N) is 1. The van der Waals surface area contributed by atoms with E-state index in [1.54, 1.807) is 18.2 Å². The van der Waals surface area contributed by atoms with Crippen molar-refractivity contribution in [1.29, 1.82) is 0 Å². The summed E-state index contributed by atoms with van der Waals surface area (Å²) in [6.45, 7) is 6.48. The molecule has 2 rings (SSSR count). The van der Waals surface area contributed by atoms with E-state index in [0.717, 1.165) is 13.0 Å². The van der Waals surface area contributed by atoms with Gasteiger partial charge in [-0.1, -0.05) is 6.07 Å². The van der Waals surface area contributed by atoms with Crippen molar-refractivity contribution >= 4 is 11.6 Å². The molecule has 1 amide bonds. The third kappa shape index (κ3) is 4.36. The van der Waals surface area contributed by atoms with Gasteiger partial charge in [0.2, 0.25) is 0 Å². The Morgan fingerprint density at radius 3 is 2.86 bits per heavy atom. The first-order valence-electron chi connectivity index (χ1n) is 7.74. The molecule has 1 aromatic carbocycles. The molecule has 1 saturated heterocycles. The van der Waals surface area contributed by atoms with E-state index in [-0.39, 0.29) is 5.91 Å². The van der Waals surface area contributed by atoms with E-state index in [0.29, 0.717) is 30.2 Å². The van der Waals surface area contributed by atoms with Crippen molar-refractivity contribution < 1.29 is 9.53 Å². The summed E-state index contributed by atoms with van der Waals surface area (Å²) in [6.07, 6.45) is 3.57. The van der Waals surface area contributed by atoms with Crippen LogP contribution in [0.3, 0.4) is 0 Å². The van der Waals surface area contributed by atoms with Crippen LogP contribution in [0.25, 0.3) is 0 Å². The maximum absolute atomic E-state index is 12.2. The van der Waals surface area contributed by atoms with E-state index in [9.17, 15) is 4.79 Å². The second kappa shape index (κ2) is 7.88. The van der Waals surface area contributed by atoms with Crippen molar-refractivity contribution in [2.24, 2.45) is 0 Å². The van der Waals surface area contributed by atoms with Gasteiger partial charge in [-0.15, -0.1) is 0 Å². The number of benzene rings is 1. The molecule has 3 N–H and O–H groups in total. The highest BCUT2D eigenvalue weighted by Crippen LogP contribution is 2.26. The highest BCUT2D eigenvalue weighted by Gasteiger charge is 2.15. The van der Waals surface area contributed by atoms with E-state index in [1.165, 1.54) is 25.9 Å². The quantitative estimate of drug-likeness (QED) is 0.594. The van der Waals surface area contributed by atoms with Crippen molar-refractivity contribution in [2.45, 2.75) is 26.2 Å². The molecular weight excluding hydrogens is 266 g/mol. The van der Waals surface area contributed by atoms with Crippen LogP contribution in [0.2, 0.25) is 0 Å². The van der Waals surface area contributed by atoms with Crippen molar-refractivity contribution in [3.05, 3.63) is 23.8 Å². The first kappa shape index (κ1) is 15.6. The van der Waals surface area contributed by atoms with Crippen molar-refractivity contribution in [3.8, 4) is 5.75 Å². The van der Waals surface area contributed by atoms with Gasteiger partial charge in [0.1, 0.15) is 0 Å². The van der Waals surface area contributed by atoms with Crippen LogP contribution < -0.4 is 15.8 Å². The maximum atomic E-state index is 12.2. The molecule has 1 aliphatic heterocycles. The zero-order valence-corrected chi connectivity index (χ0v) is 12.7. The number of carbonyl (C=O) groups excluding carboxylic acids is 1. The minimum Gasteiger partial charge on any atom is -0.491 e. The summed E-state index contributed by atoms with van der Waals surface area (Å²) in [5, 5.41) is 2.95. The number of likely N-dealkylation sites (tertiary alicyclic amines) is 1. The minimum absolute atomic E-state index is 0.118. The first-order valence-corrected chi connectivity index (χ1v) is 7.74. The molecule has 1 fully saturated rings. The molecular formula is C16H25N3O2. The van der Waals surface area contributed by atoms with E-state index in [2.05, 4.69) is 10.2 Å². The number of hydrogen-bond acceptors (Lipinski definition) is 4. The largest absolute Gasteiger partial charge is 0.491 e. The molecule has 0 unspecified atom stereocenters. The average Bonchev–Trinajstić information content (AvgIpc) is 2.99. The lowest BCUT2D eigenvalue weighted by atomic mass is 10.1. The minimum atomic E-state index is -0.118. The fourth-order valence-electron chi connectivity index (χ4n) is 2.65. The SMILES string of the molecule is CCOc1c(N)cccc1C(=O)NCCCN1CCCC1. The van der Waals surface area contributed by atoms with Gasteiger partial charge < -0.3 is 20.7 Å². The van der Waals surface area contributed by atoms with Gasteiger partial charge in [0.15, 0.2) is 5.75 Å². The van der Waals surface area contributed by atoms with Crippen LogP contribution >= 0.6 is 0 Å². The lowest BCUT2D eigenvalue weighted by Crippen LogP contribution is -2.29. The van der Waals surface area contributed by atoms with E-state index < -0.39 is 0 Å². The standard InChI is InChI=1S/C16H25N3O2/c1-2-21-15-13(7-5-8-14(15)17)16(20)18-9-6-12-19-10-3-4-11-19/h5,7-8H,2-4,6,9-12,17H2,1H3,(H,18,20). The van der Waals surface area contributed by atoms with Gasteiger partial charge in [0.05, 0.1) is 17.9 Å². The molecule has 0 atom stereocenters. The molecule has 0 bridgehead atoms. The van der Waals surface area contributed by atoms with E-state index in [1.807, 2.05) is 6.92 Å².